The SMILES string of the molecule is CC(C)(C)OC(=O)NCC1CCCC1NC1C=CS(=O)(=O)C1. The van der Waals surface area contributed by atoms with E-state index in [0.717, 1.165) is 19.3 Å². The van der Waals surface area contributed by atoms with Crippen molar-refractivity contribution in [3.63, 3.8) is 0 Å². The first-order valence-electron chi connectivity index (χ1n) is 7.78. The monoisotopic (exact) mass is 330 g/mol. The summed E-state index contributed by atoms with van der Waals surface area (Å²) in [6.45, 7) is 6.05. The van der Waals surface area contributed by atoms with Crippen molar-refractivity contribution in [3.05, 3.63) is 11.5 Å². The van der Waals surface area contributed by atoms with E-state index in [1.807, 2.05) is 20.8 Å². The highest BCUT2D eigenvalue weighted by Gasteiger charge is 2.31. The smallest absolute Gasteiger partial charge is 0.407 e. The summed E-state index contributed by atoms with van der Waals surface area (Å²) >= 11 is 0. The van der Waals surface area contributed by atoms with Gasteiger partial charge in [0, 0.05) is 24.0 Å². The minimum atomic E-state index is -3.03. The van der Waals surface area contributed by atoms with Gasteiger partial charge in [-0.2, -0.15) is 0 Å². The van der Waals surface area contributed by atoms with Gasteiger partial charge in [0.25, 0.3) is 0 Å². The van der Waals surface area contributed by atoms with E-state index in [1.165, 1.54) is 5.41 Å². The quantitative estimate of drug-likeness (QED) is 0.817. The summed E-state index contributed by atoms with van der Waals surface area (Å²) in [5.41, 5.74) is -0.500. The second-order valence-electron chi connectivity index (χ2n) is 7.11. The van der Waals surface area contributed by atoms with Gasteiger partial charge in [-0.3, -0.25) is 0 Å². The Morgan fingerprint density at radius 2 is 2.05 bits per heavy atom. The molecule has 1 aliphatic heterocycles. The lowest BCUT2D eigenvalue weighted by atomic mass is 10.0. The number of hydrogen-bond acceptors (Lipinski definition) is 5. The number of sulfone groups is 1. The van der Waals surface area contributed by atoms with Crippen molar-refractivity contribution < 1.29 is 17.9 Å². The van der Waals surface area contributed by atoms with Gasteiger partial charge in [-0.15, -0.1) is 0 Å². The lowest BCUT2D eigenvalue weighted by Gasteiger charge is -2.25. The molecule has 1 amide bonds. The molecule has 1 fully saturated rings. The molecule has 0 bridgehead atoms. The number of amides is 1. The van der Waals surface area contributed by atoms with Crippen LogP contribution in [0.25, 0.3) is 0 Å². The van der Waals surface area contributed by atoms with Crippen LogP contribution in [-0.4, -0.2) is 44.5 Å². The van der Waals surface area contributed by atoms with Crippen LogP contribution in [0.15, 0.2) is 11.5 Å². The molecule has 0 radical (unpaired) electrons. The van der Waals surface area contributed by atoms with Crippen molar-refractivity contribution in [2.45, 2.75) is 57.7 Å². The molecule has 126 valence electrons. The zero-order chi connectivity index (χ0) is 16.4. The summed E-state index contributed by atoms with van der Waals surface area (Å²) in [6.07, 6.45) is 4.43. The summed E-state index contributed by atoms with van der Waals surface area (Å²) in [4.78, 5) is 11.7. The molecule has 1 aliphatic carbocycles. The molecule has 2 rings (SSSR count). The van der Waals surface area contributed by atoms with Gasteiger partial charge < -0.3 is 15.4 Å². The van der Waals surface area contributed by atoms with E-state index in [-0.39, 0.29) is 17.8 Å². The minimum absolute atomic E-state index is 0.114. The van der Waals surface area contributed by atoms with Gasteiger partial charge in [0.2, 0.25) is 0 Å². The number of alkyl carbamates (subject to hydrolysis) is 1. The molecule has 0 aromatic carbocycles. The summed E-state index contributed by atoms with van der Waals surface area (Å²) < 4.78 is 28.1. The van der Waals surface area contributed by atoms with Gasteiger partial charge in [0.1, 0.15) is 5.60 Å². The van der Waals surface area contributed by atoms with Crippen LogP contribution in [0.2, 0.25) is 0 Å². The van der Waals surface area contributed by atoms with Gasteiger partial charge in [0.15, 0.2) is 9.84 Å². The van der Waals surface area contributed by atoms with E-state index >= 15 is 0 Å². The van der Waals surface area contributed by atoms with Crippen LogP contribution in [0.1, 0.15) is 40.0 Å². The highest BCUT2D eigenvalue weighted by molar-refractivity contribution is 7.94. The highest BCUT2D eigenvalue weighted by atomic mass is 32.2. The topological polar surface area (TPSA) is 84.5 Å². The zero-order valence-electron chi connectivity index (χ0n) is 13.5. The van der Waals surface area contributed by atoms with Gasteiger partial charge in [-0.05, 0) is 39.5 Å². The molecule has 7 heteroatoms. The molecule has 6 nitrogen and oxygen atoms in total. The van der Waals surface area contributed by atoms with E-state index in [4.69, 9.17) is 4.74 Å². The Bertz CT molecular complexity index is 536. The Kier molecular flexibility index (Phi) is 5.17. The molecule has 0 saturated heterocycles. The molecule has 2 N–H and O–H groups in total. The summed E-state index contributed by atoms with van der Waals surface area (Å²) in [5, 5.41) is 7.50. The van der Waals surface area contributed by atoms with Crippen LogP contribution in [-0.2, 0) is 14.6 Å². The van der Waals surface area contributed by atoms with E-state index in [2.05, 4.69) is 10.6 Å². The fourth-order valence-corrected chi connectivity index (χ4v) is 4.23. The third kappa shape index (κ3) is 5.28. The van der Waals surface area contributed by atoms with Crippen molar-refractivity contribution in [1.29, 1.82) is 0 Å². The average molecular weight is 330 g/mol. The molecule has 3 atom stereocenters. The van der Waals surface area contributed by atoms with Gasteiger partial charge in [-0.25, -0.2) is 13.2 Å². The van der Waals surface area contributed by atoms with Crippen LogP contribution in [0.5, 0.6) is 0 Å². The highest BCUT2D eigenvalue weighted by Crippen LogP contribution is 2.26. The number of ether oxygens (including phenoxy) is 1. The van der Waals surface area contributed by atoms with Crippen molar-refractivity contribution in [1.82, 2.24) is 10.6 Å². The Labute approximate surface area is 132 Å². The van der Waals surface area contributed by atoms with Gasteiger partial charge in [-0.1, -0.05) is 12.5 Å². The Balaban J connectivity index is 1.79. The normalized spacial score (nSPS) is 30.4. The molecular formula is C15H26N2O4S. The molecule has 0 spiro atoms. The van der Waals surface area contributed by atoms with Crippen LogP contribution < -0.4 is 10.6 Å². The lowest BCUT2D eigenvalue weighted by Crippen LogP contribution is -2.45. The summed E-state index contributed by atoms with van der Waals surface area (Å²) in [6, 6.07) is 0.120. The largest absolute Gasteiger partial charge is 0.444 e. The number of hydrogen-bond donors (Lipinski definition) is 2. The predicted molar refractivity (Wildman–Crippen MR) is 85.2 cm³/mol. The second kappa shape index (κ2) is 6.58. The van der Waals surface area contributed by atoms with Crippen LogP contribution in [0.4, 0.5) is 4.79 Å². The van der Waals surface area contributed by atoms with E-state index in [0.29, 0.717) is 12.5 Å². The first-order chi connectivity index (χ1) is 10.1. The molecule has 3 unspecified atom stereocenters. The lowest BCUT2D eigenvalue weighted by molar-refractivity contribution is 0.0517. The molecular weight excluding hydrogens is 304 g/mol. The zero-order valence-corrected chi connectivity index (χ0v) is 14.3. The Hall–Kier alpha value is -1.08. The van der Waals surface area contributed by atoms with E-state index in [1.54, 1.807) is 6.08 Å². The number of nitrogens with one attached hydrogen (secondary N) is 2. The van der Waals surface area contributed by atoms with Crippen molar-refractivity contribution >= 4 is 15.9 Å². The molecule has 1 saturated carbocycles. The van der Waals surface area contributed by atoms with Crippen molar-refractivity contribution in [2.24, 2.45) is 5.92 Å². The first kappa shape index (κ1) is 17.3. The third-order valence-corrected chi connectivity index (χ3v) is 5.32. The van der Waals surface area contributed by atoms with Crippen LogP contribution >= 0.6 is 0 Å². The van der Waals surface area contributed by atoms with Crippen molar-refractivity contribution in [2.75, 3.05) is 12.3 Å². The van der Waals surface area contributed by atoms with E-state index in [9.17, 15) is 13.2 Å². The fourth-order valence-electron chi connectivity index (χ4n) is 2.98. The summed E-state index contributed by atoms with van der Waals surface area (Å²) in [5.74, 6) is 0.444. The minimum Gasteiger partial charge on any atom is -0.444 e. The maximum Gasteiger partial charge on any atom is 0.407 e. The number of carbonyl (C=O) groups excluding carboxylic acids is 1. The number of rotatable bonds is 4. The van der Waals surface area contributed by atoms with Gasteiger partial charge >= 0.3 is 6.09 Å². The molecule has 1 heterocycles. The molecule has 2 aliphatic rings. The first-order valence-corrected chi connectivity index (χ1v) is 9.50. The molecule has 0 aromatic rings. The van der Waals surface area contributed by atoms with Crippen LogP contribution in [0.3, 0.4) is 0 Å². The maximum atomic E-state index is 11.7. The summed E-state index contributed by atoms with van der Waals surface area (Å²) in [7, 11) is -3.03. The molecule has 0 aromatic heterocycles. The molecule has 22 heavy (non-hydrogen) atoms. The van der Waals surface area contributed by atoms with Crippen molar-refractivity contribution in [3.8, 4) is 0 Å². The van der Waals surface area contributed by atoms with Gasteiger partial charge in [0.05, 0.1) is 5.75 Å². The Morgan fingerprint density at radius 3 is 2.64 bits per heavy atom. The number of carbonyl (C=O) groups is 1. The third-order valence-electron chi connectivity index (χ3n) is 3.92. The fraction of sp³-hybridized carbons (Fsp3) is 0.800. The van der Waals surface area contributed by atoms with Crippen LogP contribution in [0, 0.1) is 5.92 Å². The van der Waals surface area contributed by atoms with E-state index < -0.39 is 21.5 Å². The maximum absolute atomic E-state index is 11.7. The second-order valence-corrected chi connectivity index (χ2v) is 9.04. The average Bonchev–Trinajstić information content (AvgIpc) is 2.92. The predicted octanol–water partition coefficient (Wildman–Crippen LogP) is 1.58. The standard InChI is InChI=1S/C15H26N2O4S/c1-15(2,3)21-14(18)16-9-11-5-4-6-13(11)17-12-7-8-22(19,20)10-12/h7-8,11-13,17H,4-6,9-10H2,1-3H3,(H,16,18). The Morgan fingerprint density at radius 1 is 1.32 bits per heavy atom.